The molecule has 4 heteroatoms. The molecule has 1 heterocycles. The molecule has 1 aromatic carbocycles. The molecule has 0 saturated carbocycles. The molecule has 0 saturated heterocycles. The van der Waals surface area contributed by atoms with Gasteiger partial charge in [-0.3, -0.25) is 5.10 Å². The predicted molar refractivity (Wildman–Crippen MR) is 53.4 cm³/mol. The van der Waals surface area contributed by atoms with E-state index in [1.54, 1.807) is 30.6 Å². The molecule has 2 aromatic rings. The van der Waals surface area contributed by atoms with Crippen molar-refractivity contribution in [2.75, 3.05) is 0 Å². The average molecular weight is 239 g/mol. The van der Waals surface area contributed by atoms with Gasteiger partial charge in [-0.2, -0.15) is 5.10 Å². The highest BCUT2D eigenvalue weighted by Crippen LogP contribution is 2.30. The van der Waals surface area contributed by atoms with E-state index in [0.29, 0.717) is 0 Å². The monoisotopic (exact) mass is 238 g/mol. The number of benzene rings is 1. The van der Waals surface area contributed by atoms with Gasteiger partial charge in [0.1, 0.15) is 5.75 Å². The molecule has 0 fully saturated rings. The summed E-state index contributed by atoms with van der Waals surface area (Å²) in [5.41, 5.74) is 1.87. The van der Waals surface area contributed by atoms with Gasteiger partial charge in [-0.15, -0.1) is 0 Å². The minimum atomic E-state index is 0.249. The molecule has 0 aliphatic carbocycles. The highest BCUT2D eigenvalue weighted by molar-refractivity contribution is 9.10. The Hall–Kier alpha value is -1.29. The maximum absolute atomic E-state index is 9.28. The Morgan fingerprint density at radius 2 is 2.23 bits per heavy atom. The summed E-state index contributed by atoms with van der Waals surface area (Å²) in [6.07, 6.45) is 3.49. The Morgan fingerprint density at radius 3 is 2.92 bits per heavy atom. The summed E-state index contributed by atoms with van der Waals surface area (Å²) >= 11 is 3.40. The molecule has 0 amide bonds. The van der Waals surface area contributed by atoms with Crippen molar-refractivity contribution >= 4 is 15.9 Å². The molecule has 2 N–H and O–H groups in total. The molecular formula is C9H7BrN2O. The molecule has 1 aromatic heterocycles. The zero-order valence-corrected chi connectivity index (χ0v) is 8.25. The Kier molecular flexibility index (Phi) is 2.06. The molecule has 0 aliphatic rings. The van der Waals surface area contributed by atoms with E-state index in [1.165, 1.54) is 0 Å². The Balaban J connectivity index is 2.57. The number of H-pyrrole nitrogens is 1. The molecule has 2 rings (SSSR count). The first-order chi connectivity index (χ1) is 6.27. The summed E-state index contributed by atoms with van der Waals surface area (Å²) in [6.45, 7) is 0. The van der Waals surface area contributed by atoms with Gasteiger partial charge < -0.3 is 5.11 Å². The minimum Gasteiger partial charge on any atom is -0.508 e. The second-order valence-electron chi connectivity index (χ2n) is 2.65. The molecule has 66 valence electrons. The van der Waals surface area contributed by atoms with Crippen LogP contribution < -0.4 is 0 Å². The van der Waals surface area contributed by atoms with Crippen molar-refractivity contribution in [2.24, 2.45) is 0 Å². The fraction of sp³-hybridized carbons (Fsp3) is 0. The number of aromatic amines is 1. The van der Waals surface area contributed by atoms with Gasteiger partial charge in [-0.1, -0.05) is 15.9 Å². The van der Waals surface area contributed by atoms with Gasteiger partial charge in [0.2, 0.25) is 0 Å². The average Bonchev–Trinajstić information content (AvgIpc) is 2.61. The molecule has 0 atom stereocenters. The third kappa shape index (κ3) is 1.58. The van der Waals surface area contributed by atoms with Gasteiger partial charge in [-0.25, -0.2) is 0 Å². The highest BCUT2D eigenvalue weighted by atomic mass is 79.9. The van der Waals surface area contributed by atoms with Gasteiger partial charge in [0.15, 0.2) is 0 Å². The zero-order valence-electron chi connectivity index (χ0n) is 6.66. The molecule has 13 heavy (non-hydrogen) atoms. The van der Waals surface area contributed by atoms with Gasteiger partial charge in [0.05, 0.1) is 6.20 Å². The number of rotatable bonds is 1. The zero-order chi connectivity index (χ0) is 9.26. The summed E-state index contributed by atoms with van der Waals surface area (Å²) in [5, 5.41) is 15.8. The fourth-order valence-electron chi connectivity index (χ4n) is 1.13. The third-order valence-corrected chi connectivity index (χ3v) is 2.45. The van der Waals surface area contributed by atoms with Crippen molar-refractivity contribution in [3.63, 3.8) is 0 Å². The molecule has 0 unspecified atom stereocenters. The number of nitrogens with one attached hydrogen (secondary N) is 1. The van der Waals surface area contributed by atoms with Crippen LogP contribution in [-0.4, -0.2) is 15.3 Å². The van der Waals surface area contributed by atoms with Crippen LogP contribution in [0.2, 0.25) is 0 Å². The SMILES string of the molecule is Oc1ccc(Br)c(-c2cn[nH]c2)c1. The van der Waals surface area contributed by atoms with Crippen molar-refractivity contribution in [3.05, 3.63) is 35.1 Å². The van der Waals surface area contributed by atoms with E-state index < -0.39 is 0 Å². The number of aromatic nitrogens is 2. The van der Waals surface area contributed by atoms with E-state index in [9.17, 15) is 5.11 Å². The fourth-order valence-corrected chi connectivity index (χ4v) is 1.61. The van der Waals surface area contributed by atoms with Crippen molar-refractivity contribution in [3.8, 4) is 16.9 Å². The van der Waals surface area contributed by atoms with Crippen LogP contribution >= 0.6 is 15.9 Å². The second-order valence-corrected chi connectivity index (χ2v) is 3.51. The van der Waals surface area contributed by atoms with Crippen LogP contribution in [0.5, 0.6) is 5.75 Å². The lowest BCUT2D eigenvalue weighted by molar-refractivity contribution is 0.475. The summed E-state index contributed by atoms with van der Waals surface area (Å²) < 4.78 is 0.937. The first-order valence-electron chi connectivity index (χ1n) is 3.75. The lowest BCUT2D eigenvalue weighted by Crippen LogP contribution is -1.76. The van der Waals surface area contributed by atoms with Crippen LogP contribution in [0.3, 0.4) is 0 Å². The quantitative estimate of drug-likeness (QED) is 0.803. The molecule has 3 nitrogen and oxygen atoms in total. The van der Waals surface area contributed by atoms with E-state index in [0.717, 1.165) is 15.6 Å². The summed E-state index contributed by atoms with van der Waals surface area (Å²) in [7, 11) is 0. The van der Waals surface area contributed by atoms with Crippen molar-refractivity contribution < 1.29 is 5.11 Å². The van der Waals surface area contributed by atoms with Crippen LogP contribution in [0.25, 0.3) is 11.1 Å². The summed E-state index contributed by atoms with van der Waals surface area (Å²) in [6, 6.07) is 5.13. The van der Waals surface area contributed by atoms with Gasteiger partial charge in [-0.05, 0) is 18.2 Å². The number of hydrogen-bond acceptors (Lipinski definition) is 2. The molecule has 0 bridgehead atoms. The Labute approximate surface area is 83.5 Å². The maximum Gasteiger partial charge on any atom is 0.116 e. The number of halogens is 1. The first-order valence-corrected chi connectivity index (χ1v) is 4.54. The van der Waals surface area contributed by atoms with Crippen molar-refractivity contribution in [2.45, 2.75) is 0 Å². The second kappa shape index (κ2) is 3.22. The summed E-state index contributed by atoms with van der Waals surface area (Å²) in [4.78, 5) is 0. The van der Waals surface area contributed by atoms with Crippen molar-refractivity contribution in [1.29, 1.82) is 0 Å². The number of nitrogens with zero attached hydrogens (tertiary/aromatic N) is 1. The van der Waals surface area contributed by atoms with Crippen molar-refractivity contribution in [1.82, 2.24) is 10.2 Å². The topological polar surface area (TPSA) is 48.9 Å². The largest absolute Gasteiger partial charge is 0.508 e. The Morgan fingerprint density at radius 1 is 1.38 bits per heavy atom. The van der Waals surface area contributed by atoms with Crippen LogP contribution in [0.15, 0.2) is 35.1 Å². The standard InChI is InChI=1S/C9H7BrN2O/c10-9-2-1-7(13)3-8(9)6-4-11-12-5-6/h1-5,13H,(H,11,12). The van der Waals surface area contributed by atoms with E-state index in [1.807, 2.05) is 0 Å². The van der Waals surface area contributed by atoms with Gasteiger partial charge in [0, 0.05) is 21.8 Å². The third-order valence-electron chi connectivity index (χ3n) is 1.76. The smallest absolute Gasteiger partial charge is 0.116 e. The number of phenolic OH excluding ortho intramolecular Hbond substituents is 1. The van der Waals surface area contributed by atoms with E-state index >= 15 is 0 Å². The Bertz CT molecular complexity index is 412. The molecule has 0 radical (unpaired) electrons. The molecule has 0 spiro atoms. The van der Waals surface area contributed by atoms with Crippen LogP contribution in [0.1, 0.15) is 0 Å². The van der Waals surface area contributed by atoms with Gasteiger partial charge in [0.25, 0.3) is 0 Å². The van der Waals surface area contributed by atoms with E-state index in [4.69, 9.17) is 0 Å². The first kappa shape index (κ1) is 8.31. The van der Waals surface area contributed by atoms with Crippen LogP contribution in [0, 0.1) is 0 Å². The normalized spacial score (nSPS) is 10.2. The number of hydrogen-bond donors (Lipinski definition) is 2. The molecule has 0 aliphatic heterocycles. The van der Waals surface area contributed by atoms with Crippen LogP contribution in [-0.2, 0) is 0 Å². The maximum atomic E-state index is 9.28. The van der Waals surface area contributed by atoms with E-state index in [2.05, 4.69) is 26.1 Å². The molecular weight excluding hydrogens is 232 g/mol. The predicted octanol–water partition coefficient (Wildman–Crippen LogP) is 2.54. The summed E-state index contributed by atoms with van der Waals surface area (Å²) in [5.74, 6) is 0.249. The van der Waals surface area contributed by atoms with Gasteiger partial charge >= 0.3 is 0 Å². The number of phenols is 1. The van der Waals surface area contributed by atoms with E-state index in [-0.39, 0.29) is 5.75 Å². The number of aromatic hydroxyl groups is 1. The highest BCUT2D eigenvalue weighted by Gasteiger charge is 2.04. The van der Waals surface area contributed by atoms with Crippen LogP contribution in [0.4, 0.5) is 0 Å². The lowest BCUT2D eigenvalue weighted by atomic mass is 10.1. The lowest BCUT2D eigenvalue weighted by Gasteiger charge is -2.01. The minimum absolute atomic E-state index is 0.249.